The van der Waals surface area contributed by atoms with Crippen LogP contribution in [-0.4, -0.2) is 35.7 Å². The molecule has 0 saturated heterocycles. The lowest BCUT2D eigenvalue weighted by Crippen LogP contribution is -2.23. The lowest BCUT2D eigenvalue weighted by atomic mass is 10.2. The predicted molar refractivity (Wildman–Crippen MR) is 95.4 cm³/mol. The molecule has 9 heteroatoms. The Labute approximate surface area is 152 Å². The highest BCUT2D eigenvalue weighted by atomic mass is 16.5. The maximum atomic E-state index is 12.4. The van der Waals surface area contributed by atoms with Gasteiger partial charge in [0.15, 0.2) is 0 Å². The van der Waals surface area contributed by atoms with E-state index in [0.29, 0.717) is 16.7 Å². The van der Waals surface area contributed by atoms with E-state index in [2.05, 4.69) is 20.5 Å². The summed E-state index contributed by atoms with van der Waals surface area (Å²) in [5, 5.41) is 11.4. The summed E-state index contributed by atoms with van der Waals surface area (Å²) in [5.74, 6) is -0.0361. The second-order valence-electron chi connectivity index (χ2n) is 5.73. The number of benzene rings is 2. The van der Waals surface area contributed by atoms with Gasteiger partial charge in [-0.15, -0.1) is 5.10 Å². The Balaban J connectivity index is 1.40. The first-order valence-electron chi connectivity index (χ1n) is 8.19. The minimum Gasteiger partial charge on any atom is -0.426 e. The molecule has 27 heavy (non-hydrogen) atoms. The first kappa shape index (κ1) is 16.6. The zero-order valence-corrected chi connectivity index (χ0v) is 14.1. The molecule has 0 aliphatic heterocycles. The molecule has 0 radical (unpaired) electrons. The maximum absolute atomic E-state index is 12.4. The molecule has 4 aromatic rings. The highest BCUT2D eigenvalue weighted by Gasteiger charge is 2.09. The van der Waals surface area contributed by atoms with Gasteiger partial charge in [-0.2, -0.15) is 0 Å². The van der Waals surface area contributed by atoms with Gasteiger partial charge in [-0.3, -0.25) is 14.2 Å². The van der Waals surface area contributed by atoms with Crippen molar-refractivity contribution in [3.63, 3.8) is 0 Å². The number of tetrazole rings is 1. The van der Waals surface area contributed by atoms with Gasteiger partial charge < -0.3 is 4.74 Å². The average molecular weight is 362 g/mol. The highest BCUT2D eigenvalue weighted by molar-refractivity contribution is 5.77. The third-order valence-electron chi connectivity index (χ3n) is 3.97. The van der Waals surface area contributed by atoms with E-state index in [1.54, 1.807) is 42.5 Å². The quantitative estimate of drug-likeness (QED) is 0.390. The van der Waals surface area contributed by atoms with E-state index in [-0.39, 0.29) is 18.5 Å². The van der Waals surface area contributed by atoms with E-state index in [0.717, 1.165) is 5.69 Å². The summed E-state index contributed by atoms with van der Waals surface area (Å²) < 4.78 is 8.20. The molecule has 0 fully saturated rings. The van der Waals surface area contributed by atoms with Crippen molar-refractivity contribution in [1.82, 2.24) is 29.8 Å². The summed E-state index contributed by atoms with van der Waals surface area (Å²) in [6, 6.07) is 13.9. The molecule has 0 amide bonds. The normalized spacial score (nSPS) is 10.8. The van der Waals surface area contributed by atoms with Crippen LogP contribution in [0.5, 0.6) is 5.75 Å². The number of hydrogen-bond donors (Lipinski definition) is 0. The van der Waals surface area contributed by atoms with Gasteiger partial charge in [0.2, 0.25) is 0 Å². The monoisotopic (exact) mass is 362 g/mol. The fourth-order valence-electron chi connectivity index (χ4n) is 2.61. The Morgan fingerprint density at radius 1 is 1.04 bits per heavy atom. The van der Waals surface area contributed by atoms with Crippen molar-refractivity contribution in [1.29, 1.82) is 0 Å². The molecule has 0 spiro atoms. The molecule has 0 saturated carbocycles. The van der Waals surface area contributed by atoms with Crippen LogP contribution in [0.1, 0.15) is 6.42 Å². The van der Waals surface area contributed by atoms with Gasteiger partial charge in [0, 0.05) is 6.54 Å². The van der Waals surface area contributed by atoms with Crippen molar-refractivity contribution in [3.8, 4) is 11.4 Å². The Hall–Kier alpha value is -3.88. The third-order valence-corrected chi connectivity index (χ3v) is 3.97. The minimum absolute atomic E-state index is 0.0503. The second-order valence-corrected chi connectivity index (χ2v) is 5.73. The molecule has 0 unspecified atom stereocenters. The summed E-state index contributed by atoms with van der Waals surface area (Å²) in [6.07, 6.45) is 2.96. The SMILES string of the molecule is O=C(CCn1cnc2ccccc2c1=O)Oc1ccc(-n2cnnn2)cc1. The van der Waals surface area contributed by atoms with Crippen LogP contribution in [0.2, 0.25) is 0 Å². The molecule has 0 aliphatic carbocycles. The number of carbonyl (C=O) groups excluding carboxylic acids is 1. The number of carbonyl (C=O) groups is 1. The van der Waals surface area contributed by atoms with Crippen LogP contribution < -0.4 is 10.3 Å². The number of hydrogen-bond acceptors (Lipinski definition) is 7. The molecule has 0 N–H and O–H groups in total. The molecular weight excluding hydrogens is 348 g/mol. The van der Waals surface area contributed by atoms with E-state index >= 15 is 0 Å². The number of fused-ring (bicyclic) bond motifs is 1. The van der Waals surface area contributed by atoms with Gasteiger partial charge in [0.05, 0.1) is 29.3 Å². The zero-order valence-electron chi connectivity index (χ0n) is 14.1. The average Bonchev–Trinajstić information content (AvgIpc) is 3.23. The molecule has 0 atom stereocenters. The van der Waals surface area contributed by atoms with Crippen molar-refractivity contribution < 1.29 is 9.53 Å². The topological polar surface area (TPSA) is 105 Å². The number of rotatable bonds is 5. The molecule has 2 aromatic carbocycles. The second kappa shape index (κ2) is 7.16. The Bertz CT molecular complexity index is 1140. The van der Waals surface area contributed by atoms with Crippen molar-refractivity contribution >= 4 is 16.9 Å². The number of nitrogens with zero attached hydrogens (tertiary/aromatic N) is 6. The van der Waals surface area contributed by atoms with Gasteiger partial charge in [0.25, 0.3) is 5.56 Å². The van der Waals surface area contributed by atoms with Gasteiger partial charge in [-0.1, -0.05) is 12.1 Å². The summed E-state index contributed by atoms with van der Waals surface area (Å²) in [6.45, 7) is 0.193. The minimum atomic E-state index is -0.440. The molecule has 2 heterocycles. The summed E-state index contributed by atoms with van der Waals surface area (Å²) >= 11 is 0. The fraction of sp³-hybridized carbons (Fsp3) is 0.111. The molecule has 2 aromatic heterocycles. The van der Waals surface area contributed by atoms with E-state index in [9.17, 15) is 9.59 Å². The zero-order chi connectivity index (χ0) is 18.6. The van der Waals surface area contributed by atoms with Crippen molar-refractivity contribution in [2.75, 3.05) is 0 Å². The maximum Gasteiger partial charge on any atom is 0.312 e. The van der Waals surface area contributed by atoms with Crippen LogP contribution >= 0.6 is 0 Å². The van der Waals surface area contributed by atoms with E-state index in [4.69, 9.17) is 4.74 Å². The number of aryl methyl sites for hydroxylation is 1. The van der Waals surface area contributed by atoms with Gasteiger partial charge in [0.1, 0.15) is 12.1 Å². The molecule has 9 nitrogen and oxygen atoms in total. The molecular formula is C18H14N6O3. The molecule has 134 valence electrons. The molecule has 0 bridgehead atoms. The van der Waals surface area contributed by atoms with Crippen molar-refractivity contribution in [2.24, 2.45) is 0 Å². The third kappa shape index (κ3) is 3.56. The largest absolute Gasteiger partial charge is 0.426 e. The van der Waals surface area contributed by atoms with Crippen LogP contribution in [0.3, 0.4) is 0 Å². The lowest BCUT2D eigenvalue weighted by molar-refractivity contribution is -0.134. The van der Waals surface area contributed by atoms with Crippen LogP contribution in [0.4, 0.5) is 0 Å². The Morgan fingerprint density at radius 3 is 2.63 bits per heavy atom. The number of aromatic nitrogens is 6. The fourth-order valence-corrected chi connectivity index (χ4v) is 2.61. The van der Waals surface area contributed by atoms with Gasteiger partial charge >= 0.3 is 5.97 Å². The van der Waals surface area contributed by atoms with E-state index in [1.807, 2.05) is 6.07 Å². The standard InChI is InChI=1S/C18H14N6O3/c25-17(27-14-7-5-13(6-8-14)24-12-20-21-22-24)9-10-23-11-19-16-4-2-1-3-15(16)18(23)26/h1-8,11-12H,9-10H2. The first-order chi connectivity index (χ1) is 13.2. The Morgan fingerprint density at radius 2 is 1.85 bits per heavy atom. The highest BCUT2D eigenvalue weighted by Crippen LogP contribution is 2.15. The number of ether oxygens (including phenoxy) is 1. The predicted octanol–water partition coefficient (Wildman–Crippen LogP) is 1.37. The summed E-state index contributed by atoms with van der Waals surface area (Å²) in [4.78, 5) is 28.7. The Kier molecular flexibility index (Phi) is 4.40. The molecule has 0 aliphatic rings. The van der Waals surface area contributed by atoms with Crippen LogP contribution in [0, 0.1) is 0 Å². The van der Waals surface area contributed by atoms with Crippen molar-refractivity contribution in [3.05, 3.63) is 71.5 Å². The summed E-state index contributed by atoms with van der Waals surface area (Å²) in [5.41, 5.74) is 1.19. The first-order valence-corrected chi connectivity index (χ1v) is 8.19. The van der Waals surface area contributed by atoms with Crippen LogP contribution in [0.15, 0.2) is 66.0 Å². The smallest absolute Gasteiger partial charge is 0.312 e. The van der Waals surface area contributed by atoms with E-state index in [1.165, 1.54) is 21.9 Å². The van der Waals surface area contributed by atoms with E-state index < -0.39 is 5.97 Å². The van der Waals surface area contributed by atoms with Gasteiger partial charge in [-0.05, 0) is 46.8 Å². The lowest BCUT2D eigenvalue weighted by Gasteiger charge is -2.07. The van der Waals surface area contributed by atoms with Gasteiger partial charge in [-0.25, -0.2) is 9.67 Å². The summed E-state index contributed by atoms with van der Waals surface area (Å²) in [7, 11) is 0. The number of esters is 1. The molecule has 4 rings (SSSR count). The van der Waals surface area contributed by atoms with Crippen molar-refractivity contribution in [2.45, 2.75) is 13.0 Å². The van der Waals surface area contributed by atoms with Crippen LogP contribution in [0.25, 0.3) is 16.6 Å². The number of para-hydroxylation sites is 1. The van der Waals surface area contributed by atoms with Crippen LogP contribution in [-0.2, 0) is 11.3 Å².